The number of benzene rings is 1. The molecule has 34 heavy (non-hydrogen) atoms. The highest BCUT2D eigenvalue weighted by molar-refractivity contribution is 7.16. The Hall–Kier alpha value is -3.85. The van der Waals surface area contributed by atoms with Gasteiger partial charge in [0, 0.05) is 23.5 Å². The van der Waals surface area contributed by atoms with Crippen molar-refractivity contribution in [3.8, 4) is 16.9 Å². The first kappa shape index (κ1) is 20.7. The van der Waals surface area contributed by atoms with Gasteiger partial charge in [0.05, 0.1) is 30.2 Å². The van der Waals surface area contributed by atoms with Crippen LogP contribution in [0.15, 0.2) is 59.4 Å². The molecule has 1 N–H and O–H groups in total. The SMILES string of the molecule is COc1cncc(-c2cccc3cc([C@H](C)Nc4ncnc5scnc45)n(C4CC4)c(=O)c23)c1. The Kier molecular flexibility index (Phi) is 4.99. The molecular weight excluding hydrogens is 448 g/mol. The number of nitrogens with zero attached hydrogens (tertiary/aromatic N) is 5. The zero-order valence-corrected chi connectivity index (χ0v) is 19.5. The van der Waals surface area contributed by atoms with Crippen molar-refractivity contribution in [1.82, 2.24) is 24.5 Å². The summed E-state index contributed by atoms with van der Waals surface area (Å²) < 4.78 is 7.31. The third kappa shape index (κ3) is 3.49. The van der Waals surface area contributed by atoms with Crippen molar-refractivity contribution in [2.45, 2.75) is 31.8 Å². The summed E-state index contributed by atoms with van der Waals surface area (Å²) in [6, 6.07) is 10.0. The lowest BCUT2D eigenvalue weighted by molar-refractivity contribution is 0.413. The number of aromatic nitrogens is 5. The van der Waals surface area contributed by atoms with Gasteiger partial charge in [-0.25, -0.2) is 15.0 Å². The van der Waals surface area contributed by atoms with E-state index in [0.29, 0.717) is 17.0 Å². The Balaban J connectivity index is 1.50. The summed E-state index contributed by atoms with van der Waals surface area (Å²) in [5.74, 6) is 1.33. The van der Waals surface area contributed by atoms with Gasteiger partial charge in [0.1, 0.15) is 22.4 Å². The molecule has 6 rings (SSSR count). The van der Waals surface area contributed by atoms with Crippen LogP contribution in [0.2, 0.25) is 0 Å². The van der Waals surface area contributed by atoms with Gasteiger partial charge in [-0.3, -0.25) is 9.78 Å². The minimum absolute atomic E-state index is 0.0172. The second kappa shape index (κ2) is 8.18. The normalized spacial score (nSPS) is 14.4. The number of thiazole rings is 1. The van der Waals surface area contributed by atoms with Crippen LogP contribution in [-0.2, 0) is 0 Å². The molecule has 0 radical (unpaired) electrons. The van der Waals surface area contributed by atoms with Gasteiger partial charge in [-0.1, -0.05) is 18.2 Å². The zero-order chi connectivity index (χ0) is 23.2. The van der Waals surface area contributed by atoms with E-state index in [2.05, 4.69) is 38.2 Å². The molecule has 9 heteroatoms. The van der Waals surface area contributed by atoms with Crippen molar-refractivity contribution < 1.29 is 4.74 Å². The molecule has 4 aromatic heterocycles. The molecule has 8 nitrogen and oxygen atoms in total. The standard InChI is InChI=1S/C25H22N6O2S/c1-14(30-23-22-24(28-12-27-23)34-13-29-22)20-9-15-4-3-5-19(16-8-18(33-2)11-26-10-16)21(15)25(32)31(20)17-6-7-17/h3-5,8-14,17H,6-7H2,1-2H3,(H,27,28,30)/t14-/m0/s1. The van der Waals surface area contributed by atoms with E-state index in [1.165, 1.54) is 11.3 Å². The van der Waals surface area contributed by atoms with Crippen LogP contribution in [0.4, 0.5) is 5.82 Å². The third-order valence-electron chi connectivity index (χ3n) is 6.21. The highest BCUT2D eigenvalue weighted by Gasteiger charge is 2.30. The maximum atomic E-state index is 14.0. The second-order valence-electron chi connectivity index (χ2n) is 8.45. The summed E-state index contributed by atoms with van der Waals surface area (Å²) >= 11 is 1.48. The summed E-state index contributed by atoms with van der Waals surface area (Å²) in [6.07, 6.45) is 6.97. The fourth-order valence-electron chi connectivity index (χ4n) is 4.44. The molecule has 0 aliphatic heterocycles. The minimum atomic E-state index is -0.153. The van der Waals surface area contributed by atoms with Crippen LogP contribution < -0.4 is 15.6 Å². The molecular formula is C25H22N6O2S. The highest BCUT2D eigenvalue weighted by atomic mass is 32.1. The Morgan fingerprint density at radius 2 is 2.06 bits per heavy atom. The number of anilines is 1. The molecule has 170 valence electrons. The van der Waals surface area contributed by atoms with Gasteiger partial charge in [0.15, 0.2) is 5.82 Å². The number of fused-ring (bicyclic) bond motifs is 2. The van der Waals surface area contributed by atoms with Gasteiger partial charge in [0.2, 0.25) is 0 Å². The molecule has 1 aliphatic rings. The summed E-state index contributed by atoms with van der Waals surface area (Å²) in [7, 11) is 1.61. The van der Waals surface area contributed by atoms with Crippen LogP contribution in [-0.4, -0.2) is 31.6 Å². The number of rotatable bonds is 6. The molecule has 4 heterocycles. The van der Waals surface area contributed by atoms with E-state index < -0.39 is 0 Å². The number of pyridine rings is 2. The van der Waals surface area contributed by atoms with E-state index in [1.807, 2.05) is 28.8 Å². The molecule has 0 saturated heterocycles. The van der Waals surface area contributed by atoms with Gasteiger partial charge in [-0.2, -0.15) is 0 Å². The molecule has 0 unspecified atom stereocenters. The predicted molar refractivity (Wildman–Crippen MR) is 134 cm³/mol. The second-order valence-corrected chi connectivity index (χ2v) is 9.29. The van der Waals surface area contributed by atoms with Crippen molar-refractivity contribution >= 4 is 38.3 Å². The maximum absolute atomic E-state index is 14.0. The smallest absolute Gasteiger partial charge is 0.259 e. The number of hydrogen-bond donors (Lipinski definition) is 1. The van der Waals surface area contributed by atoms with Crippen LogP contribution >= 0.6 is 11.3 Å². The van der Waals surface area contributed by atoms with E-state index in [1.54, 1.807) is 31.3 Å². The van der Waals surface area contributed by atoms with E-state index in [4.69, 9.17) is 4.74 Å². The summed E-state index contributed by atoms with van der Waals surface area (Å²) in [4.78, 5) is 32.2. The summed E-state index contributed by atoms with van der Waals surface area (Å²) in [5.41, 5.74) is 5.17. The predicted octanol–water partition coefficient (Wildman–Crippen LogP) is 4.98. The average Bonchev–Trinajstić information content (AvgIpc) is 3.58. The van der Waals surface area contributed by atoms with Crippen molar-refractivity contribution in [2.24, 2.45) is 0 Å². The lowest BCUT2D eigenvalue weighted by Crippen LogP contribution is -2.26. The van der Waals surface area contributed by atoms with E-state index in [0.717, 1.165) is 45.4 Å². The molecule has 1 fully saturated rings. The van der Waals surface area contributed by atoms with E-state index in [9.17, 15) is 4.79 Å². The van der Waals surface area contributed by atoms with Crippen molar-refractivity contribution in [1.29, 1.82) is 0 Å². The Labute approximate surface area is 199 Å². The molecule has 1 aliphatic carbocycles. The Morgan fingerprint density at radius 1 is 1.18 bits per heavy atom. The summed E-state index contributed by atoms with van der Waals surface area (Å²) in [6.45, 7) is 2.05. The third-order valence-corrected chi connectivity index (χ3v) is 6.95. The lowest BCUT2D eigenvalue weighted by Gasteiger charge is -2.22. The molecule has 0 spiro atoms. The van der Waals surface area contributed by atoms with Crippen molar-refractivity contribution in [2.75, 3.05) is 12.4 Å². The number of ether oxygens (including phenoxy) is 1. The molecule has 1 aromatic carbocycles. The molecule has 0 amide bonds. The van der Waals surface area contributed by atoms with Gasteiger partial charge in [0.25, 0.3) is 5.56 Å². The Morgan fingerprint density at radius 3 is 2.88 bits per heavy atom. The topological polar surface area (TPSA) is 94.8 Å². The van der Waals surface area contributed by atoms with Crippen LogP contribution in [0.1, 0.15) is 37.5 Å². The minimum Gasteiger partial charge on any atom is -0.495 e. The van der Waals surface area contributed by atoms with Crippen molar-refractivity contribution in [3.63, 3.8) is 0 Å². The molecule has 1 atom stereocenters. The first-order chi connectivity index (χ1) is 16.6. The van der Waals surface area contributed by atoms with Crippen molar-refractivity contribution in [3.05, 3.63) is 70.6 Å². The van der Waals surface area contributed by atoms with Crippen LogP contribution in [0.25, 0.3) is 32.2 Å². The van der Waals surface area contributed by atoms with E-state index in [-0.39, 0.29) is 17.6 Å². The lowest BCUT2D eigenvalue weighted by atomic mass is 9.99. The van der Waals surface area contributed by atoms with Gasteiger partial charge in [-0.05, 0) is 42.8 Å². The van der Waals surface area contributed by atoms with Gasteiger partial charge < -0.3 is 14.6 Å². The van der Waals surface area contributed by atoms with Crippen LogP contribution in [0, 0.1) is 0 Å². The summed E-state index contributed by atoms with van der Waals surface area (Å²) in [5, 5.41) is 5.06. The first-order valence-corrected chi connectivity index (χ1v) is 12.0. The van der Waals surface area contributed by atoms with Crippen LogP contribution in [0.5, 0.6) is 5.75 Å². The zero-order valence-electron chi connectivity index (χ0n) is 18.7. The number of hydrogen-bond acceptors (Lipinski definition) is 8. The van der Waals surface area contributed by atoms with E-state index >= 15 is 0 Å². The molecule has 1 saturated carbocycles. The number of methoxy groups -OCH3 is 1. The molecule has 0 bridgehead atoms. The average molecular weight is 471 g/mol. The first-order valence-electron chi connectivity index (χ1n) is 11.1. The fraction of sp³-hybridized carbons (Fsp3) is 0.240. The largest absolute Gasteiger partial charge is 0.495 e. The number of nitrogens with one attached hydrogen (secondary N) is 1. The fourth-order valence-corrected chi connectivity index (χ4v) is 5.06. The molecule has 5 aromatic rings. The quantitative estimate of drug-likeness (QED) is 0.374. The van der Waals surface area contributed by atoms with Gasteiger partial charge in [-0.15, -0.1) is 11.3 Å². The van der Waals surface area contributed by atoms with Crippen LogP contribution in [0.3, 0.4) is 0 Å². The Bertz CT molecular complexity index is 1590. The highest BCUT2D eigenvalue weighted by Crippen LogP contribution is 2.38. The maximum Gasteiger partial charge on any atom is 0.259 e. The van der Waals surface area contributed by atoms with Gasteiger partial charge >= 0.3 is 0 Å². The monoisotopic (exact) mass is 470 g/mol.